The Hall–Kier alpha value is -3.32. The molecule has 2 aromatic rings. The van der Waals surface area contributed by atoms with Crippen LogP contribution in [0.3, 0.4) is 0 Å². The minimum Gasteiger partial charge on any atom is -0.480 e. The molecule has 0 aliphatic carbocycles. The highest BCUT2D eigenvalue weighted by molar-refractivity contribution is 6.30. The van der Waals surface area contributed by atoms with Crippen LogP contribution < -0.4 is 0 Å². The van der Waals surface area contributed by atoms with Crippen LogP contribution >= 0.6 is 11.6 Å². The number of hydrogen-bond acceptors (Lipinski definition) is 39. The molecule has 104 heavy (non-hydrogen) atoms. The molecule has 40 nitrogen and oxygen atoms in total. The number of hydrogen-bond donors (Lipinski definition) is 22. The van der Waals surface area contributed by atoms with Crippen molar-refractivity contribution in [3.05, 3.63) is 70.7 Å². The highest BCUT2D eigenvalue weighted by Crippen LogP contribution is 2.40. The number of halogens is 1. The second-order valence-electron chi connectivity index (χ2n) is 26.3. The molecule has 0 saturated carbocycles. The van der Waals surface area contributed by atoms with E-state index in [2.05, 4.69) is 46.2 Å². The zero-order valence-corrected chi connectivity index (χ0v) is 56.3. The van der Waals surface area contributed by atoms with Crippen molar-refractivity contribution >= 4 is 17.6 Å². The molecule has 22 aliphatic heterocycles. The lowest BCUT2D eigenvalue weighted by atomic mass is 9.95. The van der Waals surface area contributed by atoms with E-state index < -0.39 is 267 Å². The number of carboxylic acids is 1. The minimum atomic E-state index is -2.21. The van der Waals surface area contributed by atoms with Gasteiger partial charge in [0.1, 0.15) is 178 Å². The van der Waals surface area contributed by atoms with Crippen LogP contribution in [0.2, 0.25) is 5.02 Å². The molecule has 22 heterocycles. The molecule has 1 unspecified atom stereocenters. The van der Waals surface area contributed by atoms with Gasteiger partial charge in [-0.15, -0.1) is 0 Å². The van der Waals surface area contributed by atoms with Crippen molar-refractivity contribution in [2.24, 2.45) is 0 Å². The quantitative estimate of drug-likeness (QED) is 0.0736. The molecular weight excluding hydrogens is 1430 g/mol. The number of rotatable bonds is 15. The first-order valence-corrected chi connectivity index (χ1v) is 34.2. The Kier molecular flexibility index (Phi) is 30.1. The second-order valence-corrected chi connectivity index (χ2v) is 26.8. The fraction of sp³-hybridized carbons (Fsp3) is 0.794. The van der Waals surface area contributed by atoms with Crippen molar-refractivity contribution < 1.29 is 188 Å². The van der Waals surface area contributed by atoms with Gasteiger partial charge >= 0.3 is 5.97 Å². The fourth-order valence-electron chi connectivity index (χ4n) is 13.9. The zero-order valence-electron chi connectivity index (χ0n) is 55.5. The van der Waals surface area contributed by atoms with Gasteiger partial charge in [-0.25, -0.2) is 4.79 Å². The third-order valence-corrected chi connectivity index (χ3v) is 19.9. The van der Waals surface area contributed by atoms with Crippen LogP contribution in [0.4, 0.5) is 0 Å². The summed E-state index contributed by atoms with van der Waals surface area (Å²) in [5.74, 6) is -0.923. The van der Waals surface area contributed by atoms with E-state index in [0.717, 1.165) is 37.7 Å². The molecule has 36 atom stereocenters. The number of piperazine rings is 1. The highest BCUT2D eigenvalue weighted by Gasteiger charge is 2.60. The number of ether oxygens (including phenoxy) is 15. The number of aliphatic hydroxyl groups is 21. The van der Waals surface area contributed by atoms with Crippen molar-refractivity contribution in [1.82, 2.24) is 9.80 Å². The Morgan fingerprint density at radius 3 is 0.827 bits per heavy atom. The van der Waals surface area contributed by atoms with Crippen LogP contribution in [0.5, 0.6) is 0 Å². The van der Waals surface area contributed by atoms with Gasteiger partial charge in [0.25, 0.3) is 0 Å². The van der Waals surface area contributed by atoms with E-state index in [1.54, 1.807) is 0 Å². The van der Waals surface area contributed by atoms with E-state index >= 15 is 0 Å². The largest absolute Gasteiger partial charge is 0.480 e. The number of carbonyl (C=O) groups is 1. The van der Waals surface area contributed by atoms with Gasteiger partial charge in [-0.1, -0.05) is 54.1 Å². The molecule has 0 spiro atoms. The summed E-state index contributed by atoms with van der Waals surface area (Å²) in [7, 11) is 0. The molecule has 0 amide bonds. The van der Waals surface area contributed by atoms with Crippen molar-refractivity contribution in [2.75, 3.05) is 92.2 Å². The van der Waals surface area contributed by atoms with E-state index in [1.807, 2.05) is 18.2 Å². The number of carboxylic acid groups (broad SMARTS) is 1. The van der Waals surface area contributed by atoms with Crippen molar-refractivity contribution in [1.29, 1.82) is 0 Å². The summed E-state index contributed by atoms with van der Waals surface area (Å²) in [6.45, 7) is -2.58. The Morgan fingerprint density at radius 1 is 0.356 bits per heavy atom. The van der Waals surface area contributed by atoms with Gasteiger partial charge in [0.2, 0.25) is 0 Å². The van der Waals surface area contributed by atoms with Crippen molar-refractivity contribution in [3.63, 3.8) is 0 Å². The molecule has 2 aromatic carbocycles. The molecule has 0 radical (unpaired) electrons. The first kappa shape index (κ1) is 83.2. The molecular formula is C63H95ClN2O38. The lowest BCUT2D eigenvalue weighted by Gasteiger charge is -2.50. The van der Waals surface area contributed by atoms with Gasteiger partial charge < -0.3 is 183 Å². The van der Waals surface area contributed by atoms with Crippen molar-refractivity contribution in [2.45, 2.75) is 221 Å². The minimum absolute atomic E-state index is 0.203. The van der Waals surface area contributed by atoms with Gasteiger partial charge in [0, 0.05) is 37.7 Å². The van der Waals surface area contributed by atoms with Gasteiger partial charge in [0.05, 0.1) is 58.9 Å². The first-order valence-electron chi connectivity index (χ1n) is 33.8. The number of nitrogens with zero attached hydrogens (tertiary/aromatic N) is 2. The van der Waals surface area contributed by atoms with Crippen LogP contribution in [-0.2, 0) is 75.8 Å². The van der Waals surface area contributed by atoms with Gasteiger partial charge in [-0.05, 0) is 23.3 Å². The topological polar surface area (TPSA) is 607 Å². The van der Waals surface area contributed by atoms with E-state index in [9.17, 15) is 112 Å². The monoisotopic (exact) mass is 1520 g/mol. The maximum atomic E-state index is 11.3. The van der Waals surface area contributed by atoms with Crippen LogP contribution in [0, 0.1) is 0 Å². The van der Waals surface area contributed by atoms with Crippen LogP contribution in [-0.4, -0.2) is 435 Å². The van der Waals surface area contributed by atoms with Gasteiger partial charge in [-0.2, -0.15) is 0 Å². The highest BCUT2D eigenvalue weighted by atomic mass is 35.5. The van der Waals surface area contributed by atoms with Crippen LogP contribution in [0.25, 0.3) is 0 Å². The molecule has 22 saturated heterocycles. The van der Waals surface area contributed by atoms with Crippen LogP contribution in [0.1, 0.15) is 17.2 Å². The molecule has 22 N–H and O–H groups in total. The second kappa shape index (κ2) is 37.6. The summed E-state index contributed by atoms with van der Waals surface area (Å²) in [6.07, 6.45) is -70.2. The maximum absolute atomic E-state index is 11.3. The van der Waals surface area contributed by atoms with Gasteiger partial charge in [0.15, 0.2) is 44.0 Å². The summed E-state index contributed by atoms with van der Waals surface area (Å²) in [4.78, 5) is 15.3. The Morgan fingerprint density at radius 2 is 0.596 bits per heavy atom. The van der Waals surface area contributed by atoms with E-state index in [0.29, 0.717) is 6.61 Å². The fourth-order valence-corrected chi connectivity index (χ4v) is 14.0. The van der Waals surface area contributed by atoms with Crippen molar-refractivity contribution in [3.8, 4) is 0 Å². The maximum Gasteiger partial charge on any atom is 0.329 e. The lowest BCUT2D eigenvalue weighted by Crippen LogP contribution is -2.68. The third-order valence-electron chi connectivity index (χ3n) is 19.6. The lowest BCUT2D eigenvalue weighted by molar-refractivity contribution is -0.396. The molecule has 22 aliphatic rings. The number of aliphatic carboxylic acids is 1. The SMILES string of the molecule is O=C(O)COCCN1CCN(C(c2ccccc2)c2ccc(Cl)cc2)CC1.OC[C@H]1O[C@@H]2O[C@H]3[C@H](O)[C@@H](O)[C@@H](O[C@H]4[C@H](O)[C@@H](O)[C@@H](O[C@H]5[C@H](O)[C@@H](O)[C@@H](O[C@H]6[C@H](O)[C@@H](O)[C@@H](O[C@H]7[C@H](O)[C@@H](O)[C@@H](O[C@H]8[C@H](O)[C@@H](O)[C@@H](O[C@H]1[C@H](O)[C@H]2O)O[C@@H]8CO)O[C@@H]7CO)O[C@@H]6CO)O[C@@H]5CO)O[C@@H]4CO)O[C@@H]3CO. The smallest absolute Gasteiger partial charge is 0.329 e. The number of aliphatic hydroxyl groups excluding tert-OH is 21. The van der Waals surface area contributed by atoms with Gasteiger partial charge in [-0.3, -0.25) is 9.80 Å². The van der Waals surface area contributed by atoms with E-state index in [4.69, 9.17) is 87.8 Å². The van der Waals surface area contributed by atoms with Crippen LogP contribution in [0.15, 0.2) is 54.6 Å². The molecule has 0 aromatic heterocycles. The number of benzene rings is 2. The zero-order chi connectivity index (χ0) is 75.1. The average molecular weight is 1520 g/mol. The summed E-state index contributed by atoms with van der Waals surface area (Å²) >= 11 is 6.08. The molecule has 41 heteroatoms. The Balaban J connectivity index is 0.000000358. The normalized spacial score (nSPS) is 45.4. The standard InChI is InChI=1S/C42H70O35.C21H25ClN2O3/c43-1-8-29-15(50)22(57)36(64-8)72-30-9(2-44)66-38(24(59)17(30)52)74-32-11(4-46)68-40(26(61)19(32)54)76-34-13(6-48)70-42(28(63)21(34)56)77-35-14(7-49)69-41(27(62)20(35)55)75-33-12(5-47)67-39(25(60)18(33)53)73-31-10(3-45)65-37(71-29)23(58)16(31)51;22-19-8-6-18(7-9-19)21(17-4-2-1-3-5-17)24-12-10-23(11-13-24)14-15-27-16-20(25)26/h8-63H,1-7H2;1-9,21H,10-16H2,(H,25,26)/t8-,9-,10-,11-,12-,13-,14-,15-,16-,17-,18-,19-,20-,21-,22-,23-,24-,25-,26-,27-,28-,29-,30-,31-,32-,33-,34-,35-,36-,37-,38-,39-,40-,41-,42-;/m1./s1. The Bertz CT molecular complexity index is 2540. The predicted octanol–water partition coefficient (Wildman–Crippen LogP) is -12.1. The summed E-state index contributed by atoms with van der Waals surface area (Å²) in [5.41, 5.74) is 2.52. The summed E-state index contributed by atoms with van der Waals surface area (Å²) in [5, 5.41) is 240. The Labute approximate surface area is 597 Å². The average Bonchev–Trinajstić information content (AvgIpc) is 0.778. The van der Waals surface area contributed by atoms with E-state index in [-0.39, 0.29) is 12.6 Å². The molecule has 592 valence electrons. The van der Waals surface area contributed by atoms with E-state index in [1.165, 1.54) is 11.1 Å². The third kappa shape index (κ3) is 18.5. The first-order chi connectivity index (χ1) is 49.8. The molecule has 24 rings (SSSR count). The molecule has 14 bridgehead atoms. The summed E-state index contributed by atoms with van der Waals surface area (Å²) in [6, 6.07) is 18.8. The predicted molar refractivity (Wildman–Crippen MR) is 335 cm³/mol. The molecule has 22 fully saturated rings. The summed E-state index contributed by atoms with van der Waals surface area (Å²) < 4.78 is 84.6.